The monoisotopic (exact) mass is 554 g/mol. The Morgan fingerprint density at radius 2 is 1.56 bits per heavy atom. The molecule has 3 aliphatic rings. The van der Waals surface area contributed by atoms with Crippen LogP contribution in [0.1, 0.15) is 60.8 Å². The Balaban J connectivity index is 2.41. The maximum atomic E-state index is 12.9. The van der Waals surface area contributed by atoms with Crippen molar-refractivity contribution in [2.75, 3.05) is 7.11 Å². The highest BCUT2D eigenvalue weighted by Gasteiger charge is 2.69. The fourth-order valence-corrected chi connectivity index (χ4v) is 6.63. The molecular weight excluding hydrogens is 516 g/mol. The number of aliphatic hydroxyl groups excluding tert-OH is 1. The number of carbonyl (C=O) groups is 5. The highest BCUT2D eigenvalue weighted by Crippen LogP contribution is 2.56. The van der Waals surface area contributed by atoms with Crippen LogP contribution in [0.4, 0.5) is 0 Å². The molecule has 39 heavy (non-hydrogen) atoms. The Morgan fingerprint density at radius 3 is 2.10 bits per heavy atom. The molecule has 10 atom stereocenters. The SMILES string of the molecule is COC(=O)/C1=C/C2OC(=O)C(C)C2(O)[C@H](OC(C)=O)C2[C@@H](C)[C@@H](O)CC(OC(C)=O)[C@]2(C)[C@H](OC(C)=O)CC1. The summed E-state index contributed by atoms with van der Waals surface area (Å²) in [6.45, 7) is 8.28. The van der Waals surface area contributed by atoms with Gasteiger partial charge in [-0.3, -0.25) is 19.2 Å². The molecule has 2 N–H and O–H groups in total. The topological polar surface area (TPSA) is 172 Å². The van der Waals surface area contributed by atoms with Gasteiger partial charge in [-0.1, -0.05) is 13.8 Å². The van der Waals surface area contributed by atoms with Gasteiger partial charge in [-0.2, -0.15) is 0 Å². The lowest BCUT2D eigenvalue weighted by atomic mass is 9.52. The van der Waals surface area contributed by atoms with Crippen LogP contribution in [0.25, 0.3) is 0 Å². The Kier molecular flexibility index (Phi) is 8.81. The number of hydrogen-bond acceptors (Lipinski definition) is 12. The van der Waals surface area contributed by atoms with Gasteiger partial charge in [0, 0.05) is 44.1 Å². The molecule has 1 aliphatic heterocycles. The molecule has 0 aromatic carbocycles. The summed E-state index contributed by atoms with van der Waals surface area (Å²) in [4.78, 5) is 62.7. The van der Waals surface area contributed by atoms with Gasteiger partial charge >= 0.3 is 29.8 Å². The molecule has 1 heterocycles. The molecule has 3 rings (SSSR count). The number of rotatable bonds is 4. The van der Waals surface area contributed by atoms with Crippen LogP contribution >= 0.6 is 0 Å². The van der Waals surface area contributed by atoms with E-state index in [1.807, 2.05) is 0 Å². The van der Waals surface area contributed by atoms with E-state index >= 15 is 0 Å². The van der Waals surface area contributed by atoms with Crippen LogP contribution in [0.15, 0.2) is 11.6 Å². The smallest absolute Gasteiger partial charge is 0.333 e. The van der Waals surface area contributed by atoms with Gasteiger partial charge in [0.15, 0.2) is 11.7 Å². The van der Waals surface area contributed by atoms with Crippen molar-refractivity contribution in [1.82, 2.24) is 0 Å². The summed E-state index contributed by atoms with van der Waals surface area (Å²) in [6, 6.07) is 0. The van der Waals surface area contributed by atoms with E-state index in [1.165, 1.54) is 34.0 Å². The normalized spacial score (nSPS) is 41.5. The zero-order valence-electron chi connectivity index (χ0n) is 23.3. The molecule has 218 valence electrons. The van der Waals surface area contributed by atoms with Crippen LogP contribution < -0.4 is 0 Å². The van der Waals surface area contributed by atoms with E-state index in [0.717, 1.165) is 6.92 Å². The number of esters is 5. The maximum absolute atomic E-state index is 12.9. The molecule has 0 amide bonds. The first-order chi connectivity index (χ1) is 18.1. The molecule has 2 fully saturated rings. The Labute approximate surface area is 226 Å². The Morgan fingerprint density at radius 1 is 1.00 bits per heavy atom. The third-order valence-electron chi connectivity index (χ3n) is 8.65. The van der Waals surface area contributed by atoms with Gasteiger partial charge < -0.3 is 33.9 Å². The fourth-order valence-electron chi connectivity index (χ4n) is 6.63. The quantitative estimate of drug-likeness (QED) is 0.373. The van der Waals surface area contributed by atoms with Gasteiger partial charge in [-0.25, -0.2) is 4.79 Å². The largest absolute Gasteiger partial charge is 0.466 e. The van der Waals surface area contributed by atoms with E-state index in [-0.39, 0.29) is 24.8 Å². The standard InChI is InChI=1S/C27H38O12/c1-12-18(31)11-20(37-15(4)29)26(6)19(36-14(3)28)9-8-17(25(33)35-7)10-21-27(34,13(2)24(32)39-21)23(22(12)26)38-16(5)30/h10,12-13,18-23,31,34H,8-9,11H2,1-7H3/b17-10+/t12-,13?,18-,19+,20?,21?,22?,23+,26-,27?/m0/s1. The summed E-state index contributed by atoms with van der Waals surface area (Å²) in [5.41, 5.74) is -3.56. The van der Waals surface area contributed by atoms with Crippen molar-refractivity contribution in [3.8, 4) is 0 Å². The van der Waals surface area contributed by atoms with Gasteiger partial charge in [0.05, 0.1) is 19.1 Å². The molecule has 5 unspecified atom stereocenters. The zero-order chi connectivity index (χ0) is 29.4. The lowest BCUT2D eigenvalue weighted by Crippen LogP contribution is -2.68. The number of carbonyl (C=O) groups excluding carboxylic acids is 5. The van der Waals surface area contributed by atoms with E-state index in [9.17, 15) is 34.2 Å². The molecule has 0 aromatic rings. The molecule has 0 radical (unpaired) electrons. The molecule has 12 nitrogen and oxygen atoms in total. The van der Waals surface area contributed by atoms with Crippen molar-refractivity contribution >= 4 is 29.8 Å². The predicted molar refractivity (Wildman–Crippen MR) is 131 cm³/mol. The molecule has 1 saturated carbocycles. The van der Waals surface area contributed by atoms with Crippen molar-refractivity contribution in [2.24, 2.45) is 23.2 Å². The Hall–Kier alpha value is -2.99. The third-order valence-corrected chi connectivity index (χ3v) is 8.65. The molecule has 2 aliphatic carbocycles. The van der Waals surface area contributed by atoms with E-state index in [2.05, 4.69) is 0 Å². The summed E-state index contributed by atoms with van der Waals surface area (Å²) in [7, 11) is 1.17. The van der Waals surface area contributed by atoms with Crippen molar-refractivity contribution < 1.29 is 57.9 Å². The third kappa shape index (κ3) is 5.41. The highest BCUT2D eigenvalue weighted by molar-refractivity contribution is 5.89. The number of hydrogen-bond donors (Lipinski definition) is 2. The summed E-state index contributed by atoms with van der Waals surface area (Å²) in [5.74, 6) is -6.63. The van der Waals surface area contributed by atoms with Crippen LogP contribution in [0.2, 0.25) is 0 Å². The summed E-state index contributed by atoms with van der Waals surface area (Å²) in [6.07, 6.45) is -4.89. The van der Waals surface area contributed by atoms with Crippen LogP contribution in [0.5, 0.6) is 0 Å². The van der Waals surface area contributed by atoms with E-state index in [1.54, 1.807) is 13.8 Å². The molecule has 0 spiro atoms. The molecule has 1 saturated heterocycles. The van der Waals surface area contributed by atoms with Crippen molar-refractivity contribution in [3.05, 3.63) is 11.6 Å². The zero-order valence-corrected chi connectivity index (χ0v) is 23.3. The summed E-state index contributed by atoms with van der Waals surface area (Å²) >= 11 is 0. The Bertz CT molecular complexity index is 1050. The van der Waals surface area contributed by atoms with E-state index in [4.69, 9.17) is 23.7 Å². The van der Waals surface area contributed by atoms with Gasteiger partial charge in [-0.05, 0) is 31.8 Å². The van der Waals surface area contributed by atoms with Crippen LogP contribution in [-0.4, -0.2) is 83.3 Å². The van der Waals surface area contributed by atoms with Crippen LogP contribution in [0.3, 0.4) is 0 Å². The molecule has 0 aromatic heterocycles. The van der Waals surface area contributed by atoms with Crippen molar-refractivity contribution in [2.45, 2.75) is 96.9 Å². The second kappa shape index (κ2) is 11.2. The van der Waals surface area contributed by atoms with Gasteiger partial charge in [0.25, 0.3) is 0 Å². The minimum atomic E-state index is -2.22. The summed E-state index contributed by atoms with van der Waals surface area (Å²) in [5, 5.41) is 23.4. The first-order valence-corrected chi connectivity index (χ1v) is 13.0. The lowest BCUT2D eigenvalue weighted by Gasteiger charge is -2.58. The number of methoxy groups -OCH3 is 1. The second-order valence-electron chi connectivity index (χ2n) is 11.0. The van der Waals surface area contributed by atoms with Gasteiger partial charge in [0.2, 0.25) is 0 Å². The molecular formula is C27H38O12. The minimum Gasteiger partial charge on any atom is -0.466 e. The minimum absolute atomic E-state index is 0.0204. The number of ether oxygens (including phenoxy) is 5. The van der Waals surface area contributed by atoms with Crippen LogP contribution in [0, 0.1) is 23.2 Å². The number of fused-ring (bicyclic) bond motifs is 2. The molecule has 0 bridgehead atoms. The fraction of sp³-hybridized carbons (Fsp3) is 0.741. The average molecular weight is 555 g/mol. The lowest BCUT2D eigenvalue weighted by molar-refractivity contribution is -0.250. The maximum Gasteiger partial charge on any atom is 0.333 e. The first-order valence-electron chi connectivity index (χ1n) is 13.0. The van der Waals surface area contributed by atoms with Crippen LogP contribution in [-0.2, 0) is 47.7 Å². The highest BCUT2D eigenvalue weighted by atomic mass is 16.6. The second-order valence-corrected chi connectivity index (χ2v) is 11.0. The number of aliphatic hydroxyl groups is 2. The van der Waals surface area contributed by atoms with E-state index in [0.29, 0.717) is 0 Å². The molecule has 12 heteroatoms. The van der Waals surface area contributed by atoms with Crippen molar-refractivity contribution in [3.63, 3.8) is 0 Å². The van der Waals surface area contributed by atoms with Crippen molar-refractivity contribution in [1.29, 1.82) is 0 Å². The average Bonchev–Trinajstić information content (AvgIpc) is 3.05. The van der Waals surface area contributed by atoms with Gasteiger partial charge in [0.1, 0.15) is 18.3 Å². The summed E-state index contributed by atoms with van der Waals surface area (Å²) < 4.78 is 27.7. The predicted octanol–water partition coefficient (Wildman–Crippen LogP) is 0.991. The van der Waals surface area contributed by atoms with Gasteiger partial charge in [-0.15, -0.1) is 0 Å². The van der Waals surface area contributed by atoms with E-state index < -0.39 is 89.1 Å². The first kappa shape index (κ1) is 30.6.